The van der Waals surface area contributed by atoms with Gasteiger partial charge in [0.1, 0.15) is 11.1 Å². The van der Waals surface area contributed by atoms with Crippen LogP contribution < -0.4 is 0 Å². The Morgan fingerprint density at radius 2 is 2.12 bits per heavy atom. The highest BCUT2D eigenvalue weighted by Crippen LogP contribution is 2.28. The quantitative estimate of drug-likeness (QED) is 0.820. The molecule has 0 saturated heterocycles. The molecule has 0 N–H and O–H groups in total. The third kappa shape index (κ3) is 1.59. The molecule has 84 valence electrons. The highest BCUT2D eigenvalue weighted by atomic mass is 32.1. The minimum atomic E-state index is 0.485. The summed E-state index contributed by atoms with van der Waals surface area (Å²) in [5.74, 6) is 0.485. The Kier molecular flexibility index (Phi) is 2.92. The maximum atomic E-state index is 9.02. The van der Waals surface area contributed by atoms with Crippen LogP contribution in [0.1, 0.15) is 49.0 Å². The predicted octanol–water partition coefficient (Wildman–Crippen LogP) is 2.87. The average Bonchev–Trinajstić information content (AvgIpc) is 2.76. The van der Waals surface area contributed by atoms with Gasteiger partial charge in [-0.2, -0.15) is 14.9 Å². The Labute approximate surface area is 98.5 Å². The molecule has 0 atom stereocenters. The van der Waals surface area contributed by atoms with Crippen molar-refractivity contribution in [3.63, 3.8) is 0 Å². The molecule has 0 unspecified atom stereocenters. The minimum absolute atomic E-state index is 0.485. The predicted molar refractivity (Wildman–Crippen MR) is 63.6 cm³/mol. The Morgan fingerprint density at radius 3 is 2.69 bits per heavy atom. The van der Waals surface area contributed by atoms with Crippen molar-refractivity contribution < 1.29 is 0 Å². The molecule has 2 rings (SSSR count). The van der Waals surface area contributed by atoms with Gasteiger partial charge in [-0.15, -0.1) is 0 Å². The highest BCUT2D eigenvalue weighted by Gasteiger charge is 2.17. The minimum Gasteiger partial charge on any atom is -0.221 e. The molecule has 0 aromatic carbocycles. The fourth-order valence-electron chi connectivity index (χ4n) is 1.80. The van der Waals surface area contributed by atoms with Crippen LogP contribution in [0.25, 0.3) is 4.96 Å². The zero-order valence-electron chi connectivity index (χ0n) is 9.69. The van der Waals surface area contributed by atoms with E-state index in [-0.39, 0.29) is 0 Å². The lowest BCUT2D eigenvalue weighted by atomic mass is 10.1. The third-order valence-electron chi connectivity index (χ3n) is 2.83. The molecule has 0 fully saturated rings. The SMILES string of the molecule is CCC(CC)c1nn2c(C#N)c(C)nc2s1. The lowest BCUT2D eigenvalue weighted by molar-refractivity contribution is 0.625. The molecule has 0 aliphatic heterocycles. The number of nitrogens with zero attached hydrogens (tertiary/aromatic N) is 4. The van der Waals surface area contributed by atoms with Crippen molar-refractivity contribution >= 4 is 16.3 Å². The summed E-state index contributed by atoms with van der Waals surface area (Å²) >= 11 is 1.59. The van der Waals surface area contributed by atoms with Crippen molar-refractivity contribution in [3.8, 4) is 6.07 Å². The number of hydrogen-bond acceptors (Lipinski definition) is 4. The van der Waals surface area contributed by atoms with E-state index in [4.69, 9.17) is 5.26 Å². The van der Waals surface area contributed by atoms with Gasteiger partial charge < -0.3 is 0 Å². The van der Waals surface area contributed by atoms with Crippen molar-refractivity contribution in [1.82, 2.24) is 14.6 Å². The first-order valence-electron chi connectivity index (χ1n) is 5.47. The van der Waals surface area contributed by atoms with Gasteiger partial charge in [0, 0.05) is 5.92 Å². The largest absolute Gasteiger partial charge is 0.221 e. The molecule has 16 heavy (non-hydrogen) atoms. The fourth-order valence-corrected chi connectivity index (χ4v) is 3.01. The van der Waals surface area contributed by atoms with Gasteiger partial charge in [-0.3, -0.25) is 0 Å². The normalized spacial score (nSPS) is 11.2. The van der Waals surface area contributed by atoms with E-state index in [1.807, 2.05) is 6.92 Å². The number of aryl methyl sites for hydroxylation is 1. The summed E-state index contributed by atoms with van der Waals surface area (Å²) in [6.07, 6.45) is 2.15. The van der Waals surface area contributed by atoms with E-state index >= 15 is 0 Å². The number of aromatic nitrogens is 3. The first-order valence-corrected chi connectivity index (χ1v) is 6.29. The standard InChI is InChI=1S/C11H14N4S/c1-4-8(5-2)10-14-15-9(6-12)7(3)13-11(15)16-10/h8H,4-5H2,1-3H3. The molecule has 0 aliphatic carbocycles. The van der Waals surface area contributed by atoms with E-state index in [1.54, 1.807) is 15.9 Å². The highest BCUT2D eigenvalue weighted by molar-refractivity contribution is 7.16. The second-order valence-corrected chi connectivity index (χ2v) is 4.79. The summed E-state index contributed by atoms with van der Waals surface area (Å²) in [4.78, 5) is 5.18. The molecule has 4 nitrogen and oxygen atoms in total. The molecular formula is C11H14N4S. The fraction of sp³-hybridized carbons (Fsp3) is 0.545. The molecule has 0 radical (unpaired) electrons. The van der Waals surface area contributed by atoms with Gasteiger partial charge in [0.05, 0.1) is 5.69 Å². The summed E-state index contributed by atoms with van der Waals surface area (Å²) in [5.41, 5.74) is 1.32. The van der Waals surface area contributed by atoms with Crippen LogP contribution in [0, 0.1) is 18.3 Å². The molecule has 0 saturated carbocycles. The van der Waals surface area contributed by atoms with E-state index < -0.39 is 0 Å². The average molecular weight is 234 g/mol. The molecule has 0 aliphatic rings. The van der Waals surface area contributed by atoms with Crippen molar-refractivity contribution in [1.29, 1.82) is 5.26 Å². The molecule has 0 bridgehead atoms. The van der Waals surface area contributed by atoms with Crippen LogP contribution in [-0.2, 0) is 0 Å². The molecule has 2 heterocycles. The van der Waals surface area contributed by atoms with E-state index in [0.29, 0.717) is 11.6 Å². The second kappa shape index (κ2) is 4.22. The Morgan fingerprint density at radius 1 is 1.44 bits per heavy atom. The molecule has 0 amide bonds. The van der Waals surface area contributed by atoms with Crippen molar-refractivity contribution in [2.45, 2.75) is 39.5 Å². The Balaban J connectivity index is 2.54. The van der Waals surface area contributed by atoms with Gasteiger partial charge in [0.25, 0.3) is 0 Å². The first-order chi connectivity index (χ1) is 7.71. The van der Waals surface area contributed by atoms with Gasteiger partial charge in [-0.25, -0.2) is 4.98 Å². The van der Waals surface area contributed by atoms with Crippen LogP contribution in [0.15, 0.2) is 0 Å². The van der Waals surface area contributed by atoms with Gasteiger partial charge in [0.2, 0.25) is 4.96 Å². The first kappa shape index (κ1) is 11.1. The summed E-state index contributed by atoms with van der Waals surface area (Å²) in [5, 5.41) is 14.6. The van der Waals surface area contributed by atoms with E-state index in [9.17, 15) is 0 Å². The third-order valence-corrected chi connectivity index (χ3v) is 3.91. The van der Waals surface area contributed by atoms with Gasteiger partial charge >= 0.3 is 0 Å². The second-order valence-electron chi connectivity index (χ2n) is 3.81. The Hall–Kier alpha value is -1.41. The van der Waals surface area contributed by atoms with E-state index in [2.05, 4.69) is 30.0 Å². The van der Waals surface area contributed by atoms with Gasteiger partial charge in [-0.1, -0.05) is 25.2 Å². The zero-order valence-corrected chi connectivity index (χ0v) is 10.5. The van der Waals surface area contributed by atoms with E-state index in [1.165, 1.54) is 0 Å². The number of hydrogen-bond donors (Lipinski definition) is 0. The van der Waals surface area contributed by atoms with Crippen LogP contribution in [0.2, 0.25) is 0 Å². The zero-order chi connectivity index (χ0) is 11.7. The summed E-state index contributed by atoms with van der Waals surface area (Å²) in [6.45, 7) is 6.17. The van der Waals surface area contributed by atoms with Crippen LogP contribution in [-0.4, -0.2) is 14.6 Å². The molecule has 2 aromatic rings. The van der Waals surface area contributed by atoms with Crippen molar-refractivity contribution in [3.05, 3.63) is 16.4 Å². The topological polar surface area (TPSA) is 54.0 Å². The van der Waals surface area contributed by atoms with Crippen LogP contribution in [0.3, 0.4) is 0 Å². The van der Waals surface area contributed by atoms with Crippen molar-refractivity contribution in [2.75, 3.05) is 0 Å². The van der Waals surface area contributed by atoms with Crippen LogP contribution in [0.4, 0.5) is 0 Å². The smallest absolute Gasteiger partial charge is 0.213 e. The Bertz CT molecular complexity index is 542. The molecular weight excluding hydrogens is 220 g/mol. The van der Waals surface area contributed by atoms with Gasteiger partial charge in [0.15, 0.2) is 5.69 Å². The lowest BCUT2D eigenvalue weighted by Crippen LogP contribution is -1.97. The molecule has 0 spiro atoms. The van der Waals surface area contributed by atoms with E-state index in [0.717, 1.165) is 28.5 Å². The van der Waals surface area contributed by atoms with Crippen molar-refractivity contribution in [2.24, 2.45) is 0 Å². The van der Waals surface area contributed by atoms with Gasteiger partial charge in [-0.05, 0) is 19.8 Å². The maximum Gasteiger partial charge on any atom is 0.213 e. The number of nitriles is 1. The number of fused-ring (bicyclic) bond motifs is 1. The molecule has 5 heteroatoms. The summed E-state index contributed by atoms with van der Waals surface area (Å²) < 4.78 is 1.67. The molecule has 2 aromatic heterocycles. The van der Waals surface area contributed by atoms with Crippen LogP contribution in [0.5, 0.6) is 0 Å². The number of rotatable bonds is 3. The maximum absolute atomic E-state index is 9.02. The lowest BCUT2D eigenvalue weighted by Gasteiger charge is -2.05. The monoisotopic (exact) mass is 234 g/mol. The van der Waals surface area contributed by atoms with Crippen LogP contribution >= 0.6 is 11.3 Å². The number of imidazole rings is 1. The summed E-state index contributed by atoms with van der Waals surface area (Å²) in [6, 6.07) is 2.15. The summed E-state index contributed by atoms with van der Waals surface area (Å²) in [7, 11) is 0.